The third kappa shape index (κ3) is 6.62. The Morgan fingerprint density at radius 2 is 1.21 bits per heavy atom. The average molecular weight is 407 g/mol. The molecule has 1 aromatic carbocycles. The van der Waals surface area contributed by atoms with E-state index in [0.717, 1.165) is 34.1 Å². The van der Waals surface area contributed by atoms with E-state index in [4.69, 9.17) is 23.2 Å². The molecule has 0 heterocycles. The molecular weight excluding hydrogens is 383 g/mol. The van der Waals surface area contributed by atoms with E-state index in [1.165, 1.54) is 0 Å². The Morgan fingerprint density at radius 3 is 1.46 bits per heavy atom. The van der Waals surface area contributed by atoms with Gasteiger partial charge in [0.15, 0.2) is 0 Å². The molecule has 0 aromatic heterocycles. The van der Waals surface area contributed by atoms with Crippen molar-refractivity contribution in [2.75, 3.05) is 11.5 Å². The van der Waals surface area contributed by atoms with Crippen LogP contribution in [0.15, 0.2) is 21.9 Å². The van der Waals surface area contributed by atoms with Crippen molar-refractivity contribution in [2.24, 2.45) is 11.8 Å². The number of hydrogen-bond donors (Lipinski definition) is 0. The van der Waals surface area contributed by atoms with Crippen molar-refractivity contribution in [3.8, 4) is 0 Å². The summed E-state index contributed by atoms with van der Waals surface area (Å²) in [5, 5.41) is -0.999. The van der Waals surface area contributed by atoms with Gasteiger partial charge >= 0.3 is 0 Å². The Balaban J connectivity index is 3.18. The van der Waals surface area contributed by atoms with Gasteiger partial charge in [-0.25, -0.2) is 0 Å². The van der Waals surface area contributed by atoms with E-state index in [1.54, 1.807) is 35.7 Å². The van der Waals surface area contributed by atoms with Gasteiger partial charge in [-0.3, -0.25) is 9.59 Å². The standard InChI is InChI=1S/C18H24Cl2O2S2/c1-5-11(3)9-23-15-7-14(18(20)22)16(8-13(15)17(19)21)24-10-12(4)6-2/h7-8,11-12H,5-6,9-10H2,1-4H3/t11-,12-/m0/s1. The zero-order valence-corrected chi connectivity index (χ0v) is 17.7. The van der Waals surface area contributed by atoms with Crippen LogP contribution in [-0.2, 0) is 0 Å². The zero-order valence-electron chi connectivity index (χ0n) is 14.5. The number of thioether (sulfide) groups is 2. The molecular formula is C18H24Cl2O2S2. The first kappa shape index (κ1) is 21.9. The highest BCUT2D eigenvalue weighted by molar-refractivity contribution is 7.99. The van der Waals surface area contributed by atoms with Gasteiger partial charge in [-0.05, 0) is 47.2 Å². The molecule has 2 atom stereocenters. The van der Waals surface area contributed by atoms with Crippen LogP contribution in [-0.4, -0.2) is 22.0 Å². The van der Waals surface area contributed by atoms with Crippen LogP contribution < -0.4 is 0 Å². The quantitative estimate of drug-likeness (QED) is 0.318. The van der Waals surface area contributed by atoms with Gasteiger partial charge < -0.3 is 0 Å². The molecule has 0 aliphatic heterocycles. The third-order valence-corrected chi connectivity index (χ3v) is 7.12. The maximum absolute atomic E-state index is 11.8. The summed E-state index contributed by atoms with van der Waals surface area (Å²) >= 11 is 14.6. The van der Waals surface area contributed by atoms with Gasteiger partial charge in [-0.2, -0.15) is 0 Å². The molecule has 0 bridgehead atoms. The van der Waals surface area contributed by atoms with Gasteiger partial charge in [0.2, 0.25) is 0 Å². The van der Waals surface area contributed by atoms with Crippen LogP contribution in [0.3, 0.4) is 0 Å². The summed E-state index contributed by atoms with van der Waals surface area (Å²) in [7, 11) is 0. The van der Waals surface area contributed by atoms with Gasteiger partial charge in [0.1, 0.15) is 0 Å². The predicted molar refractivity (Wildman–Crippen MR) is 107 cm³/mol. The fourth-order valence-electron chi connectivity index (χ4n) is 1.81. The summed E-state index contributed by atoms with van der Waals surface area (Å²) < 4.78 is 0. The van der Waals surface area contributed by atoms with Crippen molar-refractivity contribution >= 4 is 57.2 Å². The number of carbonyl (C=O) groups is 2. The summed E-state index contributed by atoms with van der Waals surface area (Å²) in [6, 6.07) is 3.44. The zero-order chi connectivity index (χ0) is 18.3. The van der Waals surface area contributed by atoms with Gasteiger partial charge in [0.05, 0.1) is 0 Å². The van der Waals surface area contributed by atoms with Crippen molar-refractivity contribution < 1.29 is 9.59 Å². The molecule has 2 nitrogen and oxygen atoms in total. The summed E-state index contributed by atoms with van der Waals surface area (Å²) in [6.45, 7) is 8.56. The van der Waals surface area contributed by atoms with Gasteiger partial charge in [-0.15, -0.1) is 23.5 Å². The molecule has 0 saturated heterocycles. The minimum Gasteiger partial charge on any atom is -0.276 e. The second kappa shape index (κ2) is 10.7. The Kier molecular flexibility index (Phi) is 9.80. The Hall–Kier alpha value is -0.160. The molecule has 0 fully saturated rings. The van der Waals surface area contributed by atoms with E-state index in [2.05, 4.69) is 27.7 Å². The third-order valence-electron chi connectivity index (χ3n) is 3.95. The lowest BCUT2D eigenvalue weighted by Crippen LogP contribution is -2.04. The van der Waals surface area contributed by atoms with E-state index in [0.29, 0.717) is 23.0 Å². The molecule has 0 radical (unpaired) electrons. The van der Waals surface area contributed by atoms with Crippen LogP contribution in [0.4, 0.5) is 0 Å². The first-order chi connectivity index (χ1) is 11.3. The minimum absolute atomic E-state index is 0.457. The maximum atomic E-state index is 11.8. The van der Waals surface area contributed by atoms with E-state index in [1.807, 2.05) is 0 Å². The largest absolute Gasteiger partial charge is 0.276 e. The van der Waals surface area contributed by atoms with E-state index >= 15 is 0 Å². The number of benzene rings is 1. The Morgan fingerprint density at radius 1 is 0.875 bits per heavy atom. The van der Waals surface area contributed by atoms with Crippen molar-refractivity contribution in [1.82, 2.24) is 0 Å². The molecule has 1 rings (SSSR count). The molecule has 0 aliphatic carbocycles. The van der Waals surface area contributed by atoms with Crippen LogP contribution in [0.2, 0.25) is 0 Å². The molecule has 1 aromatic rings. The highest BCUT2D eigenvalue weighted by Gasteiger charge is 2.19. The summed E-state index contributed by atoms with van der Waals surface area (Å²) in [5.41, 5.74) is 0.913. The SMILES string of the molecule is CC[C@H](C)CSc1cc(C(=O)Cl)c(SC[C@@H](C)CC)cc1C(=O)Cl. The summed E-state index contributed by atoms with van der Waals surface area (Å²) in [4.78, 5) is 25.1. The average Bonchev–Trinajstić information content (AvgIpc) is 2.56. The number of halogens is 2. The smallest absolute Gasteiger partial charge is 0.253 e. The van der Waals surface area contributed by atoms with Gasteiger partial charge in [0, 0.05) is 32.4 Å². The number of rotatable bonds is 10. The van der Waals surface area contributed by atoms with Crippen LogP contribution in [0.1, 0.15) is 61.3 Å². The molecule has 0 aliphatic rings. The van der Waals surface area contributed by atoms with E-state index in [-0.39, 0.29) is 0 Å². The second-order valence-corrected chi connectivity index (χ2v) is 8.85. The Bertz CT molecular complexity index is 539. The van der Waals surface area contributed by atoms with Crippen molar-refractivity contribution in [2.45, 2.75) is 50.3 Å². The molecule has 0 spiro atoms. The molecule has 0 saturated carbocycles. The molecule has 6 heteroatoms. The Labute approximate surface area is 163 Å². The minimum atomic E-state index is -0.499. The first-order valence-corrected chi connectivity index (χ1v) is 10.9. The van der Waals surface area contributed by atoms with Crippen LogP contribution >= 0.6 is 46.7 Å². The predicted octanol–water partition coefficient (Wildman–Crippen LogP) is 6.72. The first-order valence-electron chi connectivity index (χ1n) is 8.13. The fraction of sp³-hybridized carbons (Fsp3) is 0.556. The van der Waals surface area contributed by atoms with Crippen molar-refractivity contribution in [1.29, 1.82) is 0 Å². The molecule has 0 N–H and O–H groups in total. The van der Waals surface area contributed by atoms with Crippen molar-refractivity contribution in [3.05, 3.63) is 23.3 Å². The van der Waals surface area contributed by atoms with Gasteiger partial charge in [-0.1, -0.05) is 40.5 Å². The molecule has 134 valence electrons. The van der Waals surface area contributed by atoms with Gasteiger partial charge in [0.25, 0.3) is 10.5 Å². The second-order valence-electron chi connectivity index (χ2n) is 6.04. The number of hydrogen-bond acceptors (Lipinski definition) is 4. The molecule has 0 amide bonds. The van der Waals surface area contributed by atoms with E-state index in [9.17, 15) is 9.59 Å². The molecule has 0 unspecified atom stereocenters. The lowest BCUT2D eigenvalue weighted by Gasteiger charge is -2.15. The fourth-order valence-corrected chi connectivity index (χ4v) is 4.65. The highest BCUT2D eigenvalue weighted by Crippen LogP contribution is 2.35. The maximum Gasteiger partial charge on any atom is 0.253 e. The van der Waals surface area contributed by atoms with Crippen molar-refractivity contribution in [3.63, 3.8) is 0 Å². The normalized spacial score (nSPS) is 13.6. The van der Waals surface area contributed by atoms with E-state index < -0.39 is 10.5 Å². The summed E-state index contributed by atoms with van der Waals surface area (Å²) in [5.74, 6) is 2.76. The van der Waals surface area contributed by atoms with Crippen LogP contribution in [0, 0.1) is 11.8 Å². The van der Waals surface area contributed by atoms with Crippen LogP contribution in [0.25, 0.3) is 0 Å². The molecule has 24 heavy (non-hydrogen) atoms. The lowest BCUT2D eigenvalue weighted by molar-refractivity contribution is 0.106. The van der Waals surface area contributed by atoms with Crippen LogP contribution in [0.5, 0.6) is 0 Å². The highest BCUT2D eigenvalue weighted by atomic mass is 35.5. The lowest BCUT2D eigenvalue weighted by atomic mass is 10.1. The summed E-state index contributed by atoms with van der Waals surface area (Å²) in [6.07, 6.45) is 2.11. The number of carbonyl (C=O) groups excluding carboxylic acids is 2. The monoisotopic (exact) mass is 406 g/mol. The topological polar surface area (TPSA) is 34.1 Å².